The molecule has 23 heavy (non-hydrogen) atoms. The van der Waals surface area contributed by atoms with Crippen LogP contribution in [0.2, 0.25) is 0 Å². The van der Waals surface area contributed by atoms with Crippen molar-refractivity contribution in [3.8, 4) is 0 Å². The molecule has 1 aliphatic carbocycles. The van der Waals surface area contributed by atoms with E-state index in [1.807, 2.05) is 12.1 Å². The summed E-state index contributed by atoms with van der Waals surface area (Å²) in [7, 11) is 0. The van der Waals surface area contributed by atoms with Crippen molar-refractivity contribution in [2.45, 2.75) is 43.8 Å². The Morgan fingerprint density at radius 1 is 1.35 bits per heavy atom. The van der Waals surface area contributed by atoms with Crippen molar-refractivity contribution < 1.29 is 4.79 Å². The Morgan fingerprint density at radius 3 is 2.96 bits per heavy atom. The first kappa shape index (κ1) is 16.1. The number of benzene rings is 1. The van der Waals surface area contributed by atoms with Gasteiger partial charge in [-0.25, -0.2) is 4.98 Å². The van der Waals surface area contributed by atoms with Crippen LogP contribution in [0, 0.1) is 5.92 Å². The number of H-pyrrole nitrogens is 1. The predicted molar refractivity (Wildman–Crippen MR) is 92.7 cm³/mol. The van der Waals surface area contributed by atoms with Crippen molar-refractivity contribution in [3.05, 3.63) is 34.6 Å². The monoisotopic (exact) mass is 331 g/mol. The lowest BCUT2D eigenvalue weighted by molar-refractivity contribution is -0.119. The van der Waals surface area contributed by atoms with Gasteiger partial charge in [-0.15, -0.1) is 0 Å². The van der Waals surface area contributed by atoms with Gasteiger partial charge in [0.1, 0.15) is 0 Å². The van der Waals surface area contributed by atoms with Crippen molar-refractivity contribution in [2.75, 3.05) is 5.75 Å². The number of hydrogen-bond donors (Lipinski definition) is 2. The average Bonchev–Trinajstić information content (AvgIpc) is 2.55. The third kappa shape index (κ3) is 3.93. The van der Waals surface area contributed by atoms with Crippen LogP contribution in [0.1, 0.15) is 32.6 Å². The van der Waals surface area contributed by atoms with Gasteiger partial charge in [-0.2, -0.15) is 0 Å². The Kier molecular flexibility index (Phi) is 5.00. The van der Waals surface area contributed by atoms with Gasteiger partial charge >= 0.3 is 0 Å². The van der Waals surface area contributed by atoms with Crippen LogP contribution in [0.15, 0.2) is 34.2 Å². The zero-order chi connectivity index (χ0) is 16.2. The molecule has 1 aromatic carbocycles. The first-order valence-electron chi connectivity index (χ1n) is 8.05. The minimum absolute atomic E-state index is 0.00422. The van der Waals surface area contributed by atoms with Gasteiger partial charge < -0.3 is 10.3 Å². The van der Waals surface area contributed by atoms with Crippen molar-refractivity contribution in [1.29, 1.82) is 0 Å². The van der Waals surface area contributed by atoms with Crippen LogP contribution in [0.3, 0.4) is 0 Å². The number of aromatic nitrogens is 2. The van der Waals surface area contributed by atoms with Gasteiger partial charge in [0.15, 0.2) is 5.16 Å². The molecule has 0 unspecified atom stereocenters. The zero-order valence-electron chi connectivity index (χ0n) is 13.2. The lowest BCUT2D eigenvalue weighted by Gasteiger charge is -2.29. The molecule has 1 saturated carbocycles. The second-order valence-corrected chi connectivity index (χ2v) is 7.08. The summed E-state index contributed by atoms with van der Waals surface area (Å²) in [4.78, 5) is 31.3. The highest BCUT2D eigenvalue weighted by Gasteiger charge is 2.22. The van der Waals surface area contributed by atoms with Crippen LogP contribution in [0.5, 0.6) is 0 Å². The molecule has 0 aliphatic heterocycles. The fourth-order valence-electron chi connectivity index (χ4n) is 3.05. The van der Waals surface area contributed by atoms with Gasteiger partial charge in [0.05, 0.1) is 16.7 Å². The van der Waals surface area contributed by atoms with E-state index in [9.17, 15) is 9.59 Å². The summed E-state index contributed by atoms with van der Waals surface area (Å²) in [6.07, 6.45) is 4.67. The summed E-state index contributed by atoms with van der Waals surface area (Å²) in [5, 5.41) is 4.16. The van der Waals surface area contributed by atoms with Crippen molar-refractivity contribution in [3.63, 3.8) is 0 Å². The van der Waals surface area contributed by atoms with Gasteiger partial charge in [-0.1, -0.05) is 43.7 Å². The fourth-order valence-corrected chi connectivity index (χ4v) is 3.73. The fraction of sp³-hybridized carbons (Fsp3) is 0.471. The lowest BCUT2D eigenvalue weighted by atomic mass is 9.86. The van der Waals surface area contributed by atoms with E-state index in [2.05, 4.69) is 22.2 Å². The summed E-state index contributed by atoms with van der Waals surface area (Å²) < 4.78 is 0. The van der Waals surface area contributed by atoms with Crippen LogP contribution in [0.4, 0.5) is 0 Å². The molecule has 1 heterocycles. The molecule has 2 N–H and O–H groups in total. The summed E-state index contributed by atoms with van der Waals surface area (Å²) in [5.74, 6) is 0.811. The highest BCUT2D eigenvalue weighted by atomic mass is 32.2. The van der Waals surface area contributed by atoms with Gasteiger partial charge in [0, 0.05) is 6.04 Å². The molecule has 0 spiro atoms. The maximum Gasteiger partial charge on any atom is 0.259 e. The number of carbonyl (C=O) groups is 1. The SMILES string of the molecule is C[C@H]1CCCC[C@@H]1NC(=O)CSc1nc2ccccc2c(=O)[nH]1. The quantitative estimate of drug-likeness (QED) is 0.667. The molecule has 0 bridgehead atoms. The molecule has 5 nitrogen and oxygen atoms in total. The van der Waals surface area contributed by atoms with E-state index in [0.29, 0.717) is 22.0 Å². The summed E-state index contributed by atoms with van der Waals surface area (Å²) >= 11 is 1.27. The zero-order valence-corrected chi connectivity index (χ0v) is 14.0. The van der Waals surface area contributed by atoms with E-state index >= 15 is 0 Å². The predicted octanol–water partition coefficient (Wildman–Crippen LogP) is 2.71. The Bertz CT molecular complexity index is 759. The number of thioether (sulfide) groups is 1. The Hall–Kier alpha value is -1.82. The Morgan fingerprint density at radius 2 is 2.13 bits per heavy atom. The highest BCUT2D eigenvalue weighted by Crippen LogP contribution is 2.24. The largest absolute Gasteiger partial charge is 0.352 e. The molecule has 1 aromatic heterocycles. The van der Waals surface area contributed by atoms with E-state index in [-0.39, 0.29) is 23.3 Å². The highest BCUT2D eigenvalue weighted by molar-refractivity contribution is 7.99. The number of aromatic amines is 1. The minimum Gasteiger partial charge on any atom is -0.352 e. The van der Waals surface area contributed by atoms with Crippen molar-refractivity contribution >= 4 is 28.6 Å². The number of rotatable bonds is 4. The van der Waals surface area contributed by atoms with Crippen LogP contribution < -0.4 is 10.9 Å². The molecule has 0 saturated heterocycles. The Balaban J connectivity index is 1.61. The lowest BCUT2D eigenvalue weighted by Crippen LogP contribution is -2.41. The summed E-state index contributed by atoms with van der Waals surface area (Å²) in [5.41, 5.74) is 0.486. The molecule has 2 atom stereocenters. The number of nitrogens with zero attached hydrogens (tertiary/aromatic N) is 1. The number of amides is 1. The maximum absolute atomic E-state index is 12.1. The normalized spacial score (nSPS) is 21.3. The number of fused-ring (bicyclic) bond motifs is 1. The third-order valence-corrected chi connectivity index (χ3v) is 5.26. The second kappa shape index (κ2) is 7.17. The molecule has 6 heteroatoms. The average molecular weight is 331 g/mol. The number of carbonyl (C=O) groups excluding carboxylic acids is 1. The van der Waals surface area contributed by atoms with E-state index in [0.717, 1.165) is 6.42 Å². The number of para-hydroxylation sites is 1. The summed E-state index contributed by atoms with van der Waals surface area (Å²) in [6.45, 7) is 2.19. The van der Waals surface area contributed by atoms with Gasteiger partial charge in [-0.05, 0) is 30.9 Å². The molecule has 1 aliphatic rings. The first-order valence-corrected chi connectivity index (χ1v) is 9.03. The van der Waals surface area contributed by atoms with E-state index in [1.165, 1.54) is 31.0 Å². The molecule has 3 rings (SSSR count). The Labute approximate surface area is 139 Å². The third-order valence-electron chi connectivity index (χ3n) is 4.39. The molecule has 0 radical (unpaired) electrons. The number of hydrogen-bond acceptors (Lipinski definition) is 4. The standard InChI is InChI=1S/C17H21N3O2S/c1-11-6-2-4-8-13(11)18-15(21)10-23-17-19-14-9-5-3-7-12(14)16(22)20-17/h3,5,7,9,11,13H,2,4,6,8,10H2,1H3,(H,18,21)(H,19,20,22)/t11-,13-/m0/s1. The van der Waals surface area contributed by atoms with E-state index < -0.39 is 0 Å². The maximum atomic E-state index is 12.1. The van der Waals surface area contributed by atoms with Crippen molar-refractivity contribution in [2.24, 2.45) is 5.92 Å². The van der Waals surface area contributed by atoms with Crippen LogP contribution in [-0.2, 0) is 4.79 Å². The van der Waals surface area contributed by atoms with Crippen LogP contribution in [-0.4, -0.2) is 27.7 Å². The molecule has 1 fully saturated rings. The smallest absolute Gasteiger partial charge is 0.259 e. The van der Waals surface area contributed by atoms with Crippen LogP contribution >= 0.6 is 11.8 Å². The first-order chi connectivity index (χ1) is 11.1. The molecule has 122 valence electrons. The number of nitrogens with one attached hydrogen (secondary N) is 2. The molecular weight excluding hydrogens is 310 g/mol. The molecule has 2 aromatic rings. The topological polar surface area (TPSA) is 74.8 Å². The van der Waals surface area contributed by atoms with Crippen LogP contribution in [0.25, 0.3) is 10.9 Å². The summed E-state index contributed by atoms with van der Waals surface area (Å²) in [6, 6.07) is 7.48. The van der Waals surface area contributed by atoms with E-state index in [1.54, 1.807) is 12.1 Å². The van der Waals surface area contributed by atoms with Gasteiger partial charge in [0.25, 0.3) is 5.56 Å². The van der Waals surface area contributed by atoms with E-state index in [4.69, 9.17) is 0 Å². The second-order valence-electron chi connectivity index (χ2n) is 6.11. The molecular formula is C17H21N3O2S. The van der Waals surface area contributed by atoms with Crippen molar-refractivity contribution in [1.82, 2.24) is 15.3 Å². The van der Waals surface area contributed by atoms with Gasteiger partial charge in [0.2, 0.25) is 5.91 Å². The van der Waals surface area contributed by atoms with Gasteiger partial charge in [-0.3, -0.25) is 9.59 Å². The minimum atomic E-state index is -0.167. The molecule has 1 amide bonds.